The van der Waals surface area contributed by atoms with Gasteiger partial charge in [-0.2, -0.15) is 0 Å². The highest BCUT2D eigenvalue weighted by Crippen LogP contribution is 2.20. The van der Waals surface area contributed by atoms with Gasteiger partial charge in [-0.05, 0) is 48.9 Å². The van der Waals surface area contributed by atoms with E-state index in [-0.39, 0.29) is 0 Å². The summed E-state index contributed by atoms with van der Waals surface area (Å²) in [5.74, 6) is 0.332. The molecule has 2 heterocycles. The van der Waals surface area contributed by atoms with Gasteiger partial charge in [0.15, 0.2) is 0 Å². The number of nitrogens with one attached hydrogen (secondary N) is 1. The third kappa shape index (κ3) is 2.81. The molecular formula is C16H22N2O. The molecule has 1 aromatic carbocycles. The summed E-state index contributed by atoms with van der Waals surface area (Å²) in [7, 11) is 0. The molecule has 3 nitrogen and oxygen atoms in total. The normalized spacial score (nSPS) is 18.4. The minimum absolute atomic E-state index is 0.332. The van der Waals surface area contributed by atoms with Crippen LogP contribution in [0.1, 0.15) is 36.0 Å². The first-order valence-electron chi connectivity index (χ1n) is 7.43. The molecule has 3 rings (SSSR count). The second-order valence-electron chi connectivity index (χ2n) is 5.57. The van der Waals surface area contributed by atoms with Crippen molar-refractivity contribution < 1.29 is 4.79 Å². The standard InChI is InChI=1S/C16H22N2O/c19-16(18-10-1-2-11-18)7-6-13-4-3-5-14-8-9-17-12-15(13)14/h3-5,17H,1-2,6-12H2. The first-order chi connectivity index (χ1) is 9.34. The fourth-order valence-electron chi connectivity index (χ4n) is 3.19. The van der Waals surface area contributed by atoms with Crippen LogP contribution in [0.2, 0.25) is 0 Å². The second-order valence-corrected chi connectivity index (χ2v) is 5.57. The summed E-state index contributed by atoms with van der Waals surface area (Å²) in [6.45, 7) is 3.97. The summed E-state index contributed by atoms with van der Waals surface area (Å²) in [5.41, 5.74) is 4.25. The fourth-order valence-corrected chi connectivity index (χ4v) is 3.19. The molecule has 102 valence electrons. The van der Waals surface area contributed by atoms with E-state index in [4.69, 9.17) is 0 Å². The summed E-state index contributed by atoms with van der Waals surface area (Å²) in [5, 5.41) is 3.43. The van der Waals surface area contributed by atoms with Gasteiger partial charge in [0.25, 0.3) is 0 Å². The topological polar surface area (TPSA) is 32.3 Å². The van der Waals surface area contributed by atoms with Gasteiger partial charge in [0.2, 0.25) is 5.91 Å². The molecule has 2 aliphatic rings. The molecule has 1 saturated heterocycles. The molecule has 19 heavy (non-hydrogen) atoms. The summed E-state index contributed by atoms with van der Waals surface area (Å²) >= 11 is 0. The SMILES string of the molecule is O=C(CCc1cccc2c1CNCC2)N1CCCC1. The van der Waals surface area contributed by atoms with Gasteiger partial charge >= 0.3 is 0 Å². The van der Waals surface area contributed by atoms with Crippen LogP contribution in [0.4, 0.5) is 0 Å². The smallest absolute Gasteiger partial charge is 0.222 e. The highest BCUT2D eigenvalue weighted by Gasteiger charge is 2.18. The predicted molar refractivity (Wildman–Crippen MR) is 76.0 cm³/mol. The molecule has 1 fully saturated rings. The summed E-state index contributed by atoms with van der Waals surface area (Å²) < 4.78 is 0. The van der Waals surface area contributed by atoms with Crippen molar-refractivity contribution in [1.82, 2.24) is 10.2 Å². The number of rotatable bonds is 3. The zero-order chi connectivity index (χ0) is 13.1. The number of carbonyl (C=O) groups excluding carboxylic acids is 1. The van der Waals surface area contributed by atoms with E-state index in [0.29, 0.717) is 12.3 Å². The number of fused-ring (bicyclic) bond motifs is 1. The van der Waals surface area contributed by atoms with Gasteiger partial charge < -0.3 is 10.2 Å². The average Bonchev–Trinajstić information content (AvgIpc) is 2.99. The van der Waals surface area contributed by atoms with Gasteiger partial charge in [0.1, 0.15) is 0 Å². The Morgan fingerprint density at radius 1 is 1.26 bits per heavy atom. The van der Waals surface area contributed by atoms with E-state index in [1.165, 1.54) is 29.5 Å². The highest BCUT2D eigenvalue weighted by molar-refractivity contribution is 5.76. The maximum absolute atomic E-state index is 12.1. The lowest BCUT2D eigenvalue weighted by Gasteiger charge is -2.21. The third-order valence-corrected chi connectivity index (χ3v) is 4.31. The lowest BCUT2D eigenvalue weighted by molar-refractivity contribution is -0.130. The van der Waals surface area contributed by atoms with Crippen LogP contribution in [0, 0.1) is 0 Å². The van der Waals surface area contributed by atoms with Crippen molar-refractivity contribution >= 4 is 5.91 Å². The number of carbonyl (C=O) groups is 1. The number of nitrogens with zero attached hydrogens (tertiary/aromatic N) is 1. The van der Waals surface area contributed by atoms with E-state index in [9.17, 15) is 4.79 Å². The molecule has 1 N–H and O–H groups in total. The van der Waals surface area contributed by atoms with Crippen molar-refractivity contribution in [2.24, 2.45) is 0 Å². The zero-order valence-corrected chi connectivity index (χ0v) is 11.5. The van der Waals surface area contributed by atoms with Crippen LogP contribution >= 0.6 is 0 Å². The lowest BCUT2D eigenvalue weighted by atomic mass is 9.93. The van der Waals surface area contributed by atoms with Crippen molar-refractivity contribution in [3.05, 3.63) is 34.9 Å². The molecule has 0 saturated carbocycles. The minimum Gasteiger partial charge on any atom is -0.343 e. The van der Waals surface area contributed by atoms with Crippen molar-refractivity contribution in [1.29, 1.82) is 0 Å². The maximum Gasteiger partial charge on any atom is 0.222 e. The van der Waals surface area contributed by atoms with Gasteiger partial charge in [0.05, 0.1) is 0 Å². The molecule has 0 aliphatic carbocycles. The quantitative estimate of drug-likeness (QED) is 0.898. The van der Waals surface area contributed by atoms with Crippen LogP contribution in [0.25, 0.3) is 0 Å². The van der Waals surface area contributed by atoms with Gasteiger partial charge in [-0.3, -0.25) is 4.79 Å². The monoisotopic (exact) mass is 258 g/mol. The third-order valence-electron chi connectivity index (χ3n) is 4.31. The van der Waals surface area contributed by atoms with Crippen LogP contribution in [0.5, 0.6) is 0 Å². The molecule has 0 bridgehead atoms. The minimum atomic E-state index is 0.332. The number of likely N-dealkylation sites (tertiary alicyclic amines) is 1. The maximum atomic E-state index is 12.1. The number of hydrogen-bond acceptors (Lipinski definition) is 2. The Morgan fingerprint density at radius 2 is 2.11 bits per heavy atom. The molecule has 0 spiro atoms. The van der Waals surface area contributed by atoms with Gasteiger partial charge in [-0.1, -0.05) is 18.2 Å². The van der Waals surface area contributed by atoms with Crippen molar-refractivity contribution in [2.75, 3.05) is 19.6 Å². The lowest BCUT2D eigenvalue weighted by Crippen LogP contribution is -2.28. The molecule has 0 atom stereocenters. The number of benzene rings is 1. The van der Waals surface area contributed by atoms with Crippen LogP contribution in [0.15, 0.2) is 18.2 Å². The Bertz CT molecular complexity index is 464. The summed E-state index contributed by atoms with van der Waals surface area (Å²) in [6, 6.07) is 6.55. The molecular weight excluding hydrogens is 236 g/mol. The van der Waals surface area contributed by atoms with Gasteiger partial charge in [0, 0.05) is 26.1 Å². The Labute approximate surface area is 115 Å². The van der Waals surface area contributed by atoms with Crippen LogP contribution in [-0.2, 0) is 24.2 Å². The van der Waals surface area contributed by atoms with E-state index in [1.54, 1.807) is 0 Å². The Morgan fingerprint density at radius 3 is 2.95 bits per heavy atom. The van der Waals surface area contributed by atoms with E-state index in [0.717, 1.165) is 39.0 Å². The number of amides is 1. The van der Waals surface area contributed by atoms with E-state index in [2.05, 4.69) is 23.5 Å². The Balaban J connectivity index is 1.65. The largest absolute Gasteiger partial charge is 0.343 e. The van der Waals surface area contributed by atoms with Gasteiger partial charge in [-0.15, -0.1) is 0 Å². The first kappa shape index (κ1) is 12.7. The van der Waals surface area contributed by atoms with Crippen molar-refractivity contribution in [3.63, 3.8) is 0 Å². The molecule has 1 amide bonds. The average molecular weight is 258 g/mol. The molecule has 3 heteroatoms. The van der Waals surface area contributed by atoms with Crippen LogP contribution < -0.4 is 5.32 Å². The molecule has 0 unspecified atom stereocenters. The first-order valence-corrected chi connectivity index (χ1v) is 7.43. The van der Waals surface area contributed by atoms with Gasteiger partial charge in [-0.25, -0.2) is 0 Å². The zero-order valence-electron chi connectivity index (χ0n) is 11.5. The summed E-state index contributed by atoms with van der Waals surface area (Å²) in [6.07, 6.45) is 5.02. The number of aryl methyl sites for hydroxylation is 1. The van der Waals surface area contributed by atoms with E-state index < -0.39 is 0 Å². The van der Waals surface area contributed by atoms with Crippen LogP contribution in [-0.4, -0.2) is 30.4 Å². The van der Waals surface area contributed by atoms with Crippen LogP contribution in [0.3, 0.4) is 0 Å². The van der Waals surface area contributed by atoms with Crippen molar-refractivity contribution in [3.8, 4) is 0 Å². The van der Waals surface area contributed by atoms with E-state index >= 15 is 0 Å². The molecule has 0 radical (unpaired) electrons. The predicted octanol–water partition coefficient (Wildman–Crippen LogP) is 1.89. The fraction of sp³-hybridized carbons (Fsp3) is 0.562. The number of hydrogen-bond donors (Lipinski definition) is 1. The van der Waals surface area contributed by atoms with Crippen molar-refractivity contribution in [2.45, 2.75) is 38.6 Å². The second kappa shape index (κ2) is 5.74. The Hall–Kier alpha value is -1.35. The Kier molecular flexibility index (Phi) is 3.83. The molecule has 1 aromatic rings. The molecule has 0 aromatic heterocycles. The highest BCUT2D eigenvalue weighted by atomic mass is 16.2. The summed E-state index contributed by atoms with van der Waals surface area (Å²) in [4.78, 5) is 14.1. The van der Waals surface area contributed by atoms with E-state index in [1.807, 2.05) is 4.90 Å². The molecule has 2 aliphatic heterocycles.